The fourth-order valence-electron chi connectivity index (χ4n) is 8.18. The number of aromatic nitrogens is 3. The molecular weight excluding hydrogens is 695 g/mol. The molecule has 11 aromatic rings. The Bertz CT molecular complexity index is 3210. The van der Waals surface area contributed by atoms with Crippen LogP contribution < -0.4 is 0 Å². The summed E-state index contributed by atoms with van der Waals surface area (Å²) in [6.07, 6.45) is 0. The van der Waals surface area contributed by atoms with Crippen molar-refractivity contribution >= 4 is 43.6 Å². The maximum atomic E-state index is 6.59. The van der Waals surface area contributed by atoms with Crippen LogP contribution in [-0.4, -0.2) is 15.0 Å². The minimum absolute atomic E-state index is 0.688. The van der Waals surface area contributed by atoms with Crippen LogP contribution in [0, 0.1) is 0 Å². The van der Waals surface area contributed by atoms with Crippen LogP contribution in [0.2, 0.25) is 0 Å². The molecule has 3 aromatic heterocycles. The molecule has 0 aliphatic carbocycles. The average molecular weight is 728 g/mol. The van der Waals surface area contributed by atoms with Gasteiger partial charge in [-0.15, -0.1) is 0 Å². The first-order chi connectivity index (χ1) is 28.2. The van der Waals surface area contributed by atoms with Crippen LogP contribution in [0.4, 0.5) is 0 Å². The number of rotatable bonds is 6. The zero-order chi connectivity index (χ0) is 37.7. The molecule has 0 aliphatic rings. The van der Waals surface area contributed by atoms with Crippen molar-refractivity contribution in [3.63, 3.8) is 0 Å². The Morgan fingerprint density at radius 1 is 0.316 bits per heavy atom. The normalized spacial score (nSPS) is 11.5. The van der Waals surface area contributed by atoms with Crippen LogP contribution in [0.25, 0.3) is 111 Å². The molecule has 4 nitrogen and oxygen atoms in total. The van der Waals surface area contributed by atoms with Gasteiger partial charge in [-0.1, -0.05) is 170 Å². The lowest BCUT2D eigenvalue weighted by Crippen LogP contribution is -1.96. The number of hydrogen-bond acceptors (Lipinski definition) is 4. The van der Waals surface area contributed by atoms with Crippen LogP contribution in [0.15, 0.2) is 205 Å². The van der Waals surface area contributed by atoms with Crippen LogP contribution in [0.1, 0.15) is 0 Å². The average Bonchev–Trinajstić information content (AvgIpc) is 3.67. The fourth-order valence-corrected chi connectivity index (χ4v) is 8.18. The number of fused-ring (bicyclic) bond motifs is 6. The number of para-hydroxylation sites is 2. The second kappa shape index (κ2) is 13.6. The zero-order valence-corrected chi connectivity index (χ0v) is 30.8. The van der Waals surface area contributed by atoms with E-state index in [1.807, 2.05) is 42.5 Å². The van der Waals surface area contributed by atoms with Crippen molar-refractivity contribution in [2.45, 2.75) is 0 Å². The van der Waals surface area contributed by atoms with Gasteiger partial charge in [0.25, 0.3) is 0 Å². The Balaban J connectivity index is 1.06. The van der Waals surface area contributed by atoms with E-state index >= 15 is 0 Å². The van der Waals surface area contributed by atoms with Crippen molar-refractivity contribution in [3.8, 4) is 67.4 Å². The Hall–Kier alpha value is -7.69. The van der Waals surface area contributed by atoms with Gasteiger partial charge < -0.3 is 4.42 Å². The Labute approximate surface area is 329 Å². The van der Waals surface area contributed by atoms with Gasteiger partial charge in [0, 0.05) is 54.7 Å². The SMILES string of the molecule is c1ccc(-c2cc(-c3ccccc3)nc(-c3ccc(-c4cccc(-c5nc6ccccc6c6c(-c7ccccc7)c7c(cc56)oc5ccccc57)c4)cc3)n2)cc1. The first-order valence-corrected chi connectivity index (χ1v) is 19.2. The van der Waals surface area contributed by atoms with Crippen molar-refractivity contribution < 1.29 is 4.42 Å². The molecule has 0 saturated heterocycles. The quantitative estimate of drug-likeness (QED) is 0.160. The third-order valence-electron chi connectivity index (χ3n) is 10.9. The highest BCUT2D eigenvalue weighted by atomic mass is 16.3. The lowest BCUT2D eigenvalue weighted by Gasteiger charge is -2.16. The third-order valence-corrected chi connectivity index (χ3v) is 10.9. The number of benzene rings is 8. The largest absolute Gasteiger partial charge is 0.456 e. The van der Waals surface area contributed by atoms with Gasteiger partial charge >= 0.3 is 0 Å². The lowest BCUT2D eigenvalue weighted by atomic mass is 9.89. The number of hydrogen-bond donors (Lipinski definition) is 0. The first kappa shape index (κ1) is 32.7. The molecule has 0 unspecified atom stereocenters. The molecule has 0 bridgehead atoms. The van der Waals surface area contributed by atoms with Crippen LogP contribution >= 0.6 is 0 Å². The van der Waals surface area contributed by atoms with Crippen LogP contribution in [0.5, 0.6) is 0 Å². The summed E-state index contributed by atoms with van der Waals surface area (Å²) in [6, 6.07) is 69.6. The predicted octanol–water partition coefficient (Wildman–Crippen LogP) is 14.1. The van der Waals surface area contributed by atoms with Crippen LogP contribution in [-0.2, 0) is 0 Å². The maximum Gasteiger partial charge on any atom is 0.160 e. The summed E-state index contributed by atoms with van der Waals surface area (Å²) in [7, 11) is 0. The summed E-state index contributed by atoms with van der Waals surface area (Å²) >= 11 is 0. The fraction of sp³-hybridized carbons (Fsp3) is 0. The van der Waals surface area contributed by atoms with E-state index in [0.29, 0.717) is 5.82 Å². The molecule has 0 radical (unpaired) electrons. The molecule has 0 aliphatic heterocycles. The van der Waals surface area contributed by atoms with Gasteiger partial charge in [0.05, 0.1) is 22.6 Å². The Kier molecular flexibility index (Phi) is 7.78. The van der Waals surface area contributed by atoms with E-state index in [9.17, 15) is 0 Å². The summed E-state index contributed by atoms with van der Waals surface area (Å²) in [5, 5.41) is 5.56. The monoisotopic (exact) mass is 727 g/mol. The van der Waals surface area contributed by atoms with E-state index in [1.54, 1.807) is 0 Å². The van der Waals surface area contributed by atoms with Crippen molar-refractivity contribution in [2.75, 3.05) is 0 Å². The summed E-state index contributed by atoms with van der Waals surface area (Å²) in [6.45, 7) is 0. The summed E-state index contributed by atoms with van der Waals surface area (Å²) < 4.78 is 6.59. The smallest absolute Gasteiger partial charge is 0.160 e. The molecule has 0 N–H and O–H groups in total. The highest BCUT2D eigenvalue weighted by Gasteiger charge is 2.22. The highest BCUT2D eigenvalue weighted by Crippen LogP contribution is 2.46. The van der Waals surface area contributed by atoms with Crippen molar-refractivity contribution in [2.24, 2.45) is 0 Å². The maximum absolute atomic E-state index is 6.59. The summed E-state index contributed by atoms with van der Waals surface area (Å²) in [4.78, 5) is 15.5. The second-order valence-corrected chi connectivity index (χ2v) is 14.3. The van der Waals surface area contributed by atoms with E-state index in [2.05, 4.69) is 158 Å². The second-order valence-electron chi connectivity index (χ2n) is 14.3. The van der Waals surface area contributed by atoms with E-state index in [-0.39, 0.29) is 0 Å². The topological polar surface area (TPSA) is 51.8 Å². The summed E-state index contributed by atoms with van der Waals surface area (Å²) in [5.41, 5.74) is 14.0. The molecule has 0 atom stereocenters. The van der Waals surface area contributed by atoms with Gasteiger partial charge in [-0.3, -0.25) is 0 Å². The van der Waals surface area contributed by atoms with Gasteiger partial charge in [-0.2, -0.15) is 0 Å². The number of furan rings is 1. The molecule has 4 heteroatoms. The van der Waals surface area contributed by atoms with Crippen molar-refractivity contribution in [3.05, 3.63) is 200 Å². The molecule has 266 valence electrons. The molecule has 0 spiro atoms. The molecular formula is C53H33N3O. The molecule has 0 saturated carbocycles. The molecule has 11 rings (SSSR count). The van der Waals surface area contributed by atoms with Crippen LogP contribution in [0.3, 0.4) is 0 Å². The highest BCUT2D eigenvalue weighted by molar-refractivity contribution is 6.27. The standard InChI is InChI=1S/C53H33N3O/c1-4-15-35(16-5-1)45-33-46(36-17-6-2-7-18-36)56-53(55-45)38-29-27-34(28-30-38)39-21-14-22-40(31-39)52-43-32-48-51(42-24-11-13-26-47(42)57-48)49(37-19-8-3-9-20-37)50(43)41-23-10-12-25-44(41)54-52/h1-33H. The number of nitrogens with zero attached hydrogens (tertiary/aromatic N) is 3. The molecule has 3 heterocycles. The van der Waals surface area contributed by atoms with Gasteiger partial charge in [-0.05, 0) is 47.0 Å². The van der Waals surface area contributed by atoms with E-state index in [0.717, 1.165) is 99.8 Å². The van der Waals surface area contributed by atoms with Gasteiger partial charge in [0.15, 0.2) is 5.82 Å². The molecule has 0 amide bonds. The molecule has 0 fully saturated rings. The van der Waals surface area contributed by atoms with Gasteiger partial charge in [0.1, 0.15) is 11.2 Å². The molecule has 8 aromatic carbocycles. The minimum Gasteiger partial charge on any atom is -0.456 e. The zero-order valence-electron chi connectivity index (χ0n) is 30.8. The van der Waals surface area contributed by atoms with Crippen molar-refractivity contribution in [1.29, 1.82) is 0 Å². The molecule has 57 heavy (non-hydrogen) atoms. The first-order valence-electron chi connectivity index (χ1n) is 19.2. The number of pyridine rings is 1. The Morgan fingerprint density at radius 2 is 0.877 bits per heavy atom. The van der Waals surface area contributed by atoms with Gasteiger partial charge in [0.2, 0.25) is 0 Å². The van der Waals surface area contributed by atoms with Crippen molar-refractivity contribution in [1.82, 2.24) is 15.0 Å². The van der Waals surface area contributed by atoms with E-state index in [4.69, 9.17) is 19.4 Å². The minimum atomic E-state index is 0.688. The lowest BCUT2D eigenvalue weighted by molar-refractivity contribution is 0.669. The van der Waals surface area contributed by atoms with E-state index < -0.39 is 0 Å². The predicted molar refractivity (Wildman–Crippen MR) is 235 cm³/mol. The third kappa shape index (κ3) is 5.74. The Morgan fingerprint density at radius 3 is 1.58 bits per heavy atom. The van der Waals surface area contributed by atoms with Gasteiger partial charge in [-0.25, -0.2) is 15.0 Å². The van der Waals surface area contributed by atoms with E-state index in [1.165, 1.54) is 5.39 Å². The summed E-state index contributed by atoms with van der Waals surface area (Å²) in [5.74, 6) is 0.688.